The van der Waals surface area contributed by atoms with Gasteiger partial charge in [-0.05, 0) is 74.1 Å². The molecule has 314 valence electrons. The zero-order valence-corrected chi connectivity index (χ0v) is 33.6. The van der Waals surface area contributed by atoms with Gasteiger partial charge in [0.2, 0.25) is 35.4 Å². The Bertz CT molecular complexity index is 2100. The second-order valence-electron chi connectivity index (χ2n) is 16.4. The van der Waals surface area contributed by atoms with Crippen LogP contribution in [0.25, 0.3) is 10.9 Å². The molecule has 7 rings (SSSR count). The molecular formula is C43H56N10O6. The molecule has 4 aliphatic rings. The van der Waals surface area contributed by atoms with E-state index >= 15 is 4.79 Å². The van der Waals surface area contributed by atoms with Crippen molar-refractivity contribution in [1.82, 2.24) is 36.1 Å². The molecule has 0 spiro atoms. The van der Waals surface area contributed by atoms with Gasteiger partial charge in [0, 0.05) is 62.0 Å². The van der Waals surface area contributed by atoms with E-state index in [1.807, 2.05) is 54.7 Å². The highest BCUT2D eigenvalue weighted by molar-refractivity contribution is 5.97. The number of amides is 6. The first kappa shape index (κ1) is 41.2. The number of nitrogens with two attached hydrogens (primary N) is 2. The van der Waals surface area contributed by atoms with Crippen LogP contribution in [0.3, 0.4) is 0 Å². The fraction of sp³-hybridized carbons (Fsp3) is 0.512. The molecule has 2 aromatic carbocycles. The minimum absolute atomic E-state index is 0.00470. The smallest absolute Gasteiger partial charge is 0.246 e. The molecule has 1 aromatic heterocycles. The van der Waals surface area contributed by atoms with Crippen molar-refractivity contribution in [2.45, 2.75) is 120 Å². The van der Waals surface area contributed by atoms with Crippen molar-refractivity contribution in [1.29, 1.82) is 0 Å². The van der Waals surface area contributed by atoms with Gasteiger partial charge < -0.3 is 47.5 Å². The number of nitrogens with one attached hydrogen (secondary N) is 5. The number of H-pyrrole nitrogens is 1. The van der Waals surface area contributed by atoms with Gasteiger partial charge in [0.05, 0.1) is 0 Å². The number of hydrogen-bond donors (Lipinski definition) is 7. The van der Waals surface area contributed by atoms with Crippen molar-refractivity contribution in [3.05, 3.63) is 71.4 Å². The van der Waals surface area contributed by atoms with Gasteiger partial charge in [0.25, 0.3) is 0 Å². The molecule has 3 aliphatic heterocycles. The van der Waals surface area contributed by atoms with E-state index in [1.165, 1.54) is 4.90 Å². The van der Waals surface area contributed by atoms with Crippen molar-refractivity contribution in [3.63, 3.8) is 0 Å². The summed E-state index contributed by atoms with van der Waals surface area (Å²) in [5, 5.41) is 12.5. The minimum Gasteiger partial charge on any atom is -0.370 e. The van der Waals surface area contributed by atoms with Crippen LogP contribution < -0.4 is 32.7 Å². The highest BCUT2D eigenvalue weighted by Crippen LogP contribution is 2.41. The Hall–Kier alpha value is -5.93. The molecule has 0 radical (unpaired) electrons. The number of aliphatic imine (C=N–C) groups is 1. The number of fused-ring (bicyclic) bond motifs is 6. The Balaban J connectivity index is 1.22. The second-order valence-corrected chi connectivity index (χ2v) is 16.4. The summed E-state index contributed by atoms with van der Waals surface area (Å²) in [5.74, 6) is -2.57. The number of carbonyl (C=O) groups excluding carboxylic acids is 6. The zero-order chi connectivity index (χ0) is 41.6. The third-order valence-electron chi connectivity index (χ3n) is 12.4. The summed E-state index contributed by atoms with van der Waals surface area (Å²) in [5.41, 5.74) is 14.6. The van der Waals surface area contributed by atoms with Crippen molar-refractivity contribution in [3.8, 4) is 0 Å². The standard InChI is InChI=1S/C43H56N10O6/c1-25-41(58)52-24-28-12-3-2-10-26(28)21-36(52)42(59)53-34-16-7-4-11-27(34)22-35(53)40(57)51-32(15-8-19-47-43(44)45)38(55)46-18-9-17-37(54)50-33(39(56)49-25)20-29-23-48-31-14-6-5-13-30(29)31/h2-3,5-6,10,12-14,23,25,27,32-36,48H,4,7-9,11,15-22,24H2,1H3,(H,46,55)(H,49,56)(H,50,54)(H,51,57)(H4,44,45,47)/t25-,27-,32-,33-,34-,35-,36+/m0/s1. The number of aromatic nitrogens is 1. The van der Waals surface area contributed by atoms with E-state index in [1.54, 1.807) is 11.8 Å². The van der Waals surface area contributed by atoms with Gasteiger partial charge in [-0.15, -0.1) is 0 Å². The summed E-state index contributed by atoms with van der Waals surface area (Å²) in [6.07, 6.45) is 7.02. The van der Waals surface area contributed by atoms with Crippen LogP contribution in [0.5, 0.6) is 0 Å². The highest BCUT2D eigenvalue weighted by atomic mass is 16.2. The summed E-state index contributed by atoms with van der Waals surface area (Å²) < 4.78 is 0. The maximum atomic E-state index is 15.2. The number of nitrogens with zero attached hydrogens (tertiary/aromatic N) is 3. The number of carbonyl (C=O) groups is 6. The molecule has 3 fully saturated rings. The van der Waals surface area contributed by atoms with Crippen LogP contribution in [0.1, 0.15) is 81.4 Å². The van der Waals surface area contributed by atoms with Gasteiger partial charge in [0.15, 0.2) is 5.96 Å². The molecule has 2 saturated heterocycles. The number of para-hydroxylation sites is 1. The van der Waals surface area contributed by atoms with E-state index in [0.717, 1.165) is 53.3 Å². The third-order valence-corrected chi connectivity index (χ3v) is 12.4. The number of hydrogen-bond acceptors (Lipinski definition) is 7. The predicted molar refractivity (Wildman–Crippen MR) is 221 cm³/mol. The van der Waals surface area contributed by atoms with Crippen LogP contribution in [0.4, 0.5) is 0 Å². The van der Waals surface area contributed by atoms with Crippen LogP contribution in [0.2, 0.25) is 0 Å². The van der Waals surface area contributed by atoms with E-state index < -0.39 is 59.7 Å². The average molecular weight is 809 g/mol. The van der Waals surface area contributed by atoms with E-state index in [-0.39, 0.29) is 75.6 Å². The molecule has 7 atom stereocenters. The first-order valence-corrected chi connectivity index (χ1v) is 21.0. The number of aromatic amines is 1. The lowest BCUT2D eigenvalue weighted by atomic mass is 9.84. The van der Waals surface area contributed by atoms with Gasteiger partial charge in [-0.25, -0.2) is 0 Å². The summed E-state index contributed by atoms with van der Waals surface area (Å²) in [6, 6.07) is 10.3. The van der Waals surface area contributed by atoms with E-state index in [0.29, 0.717) is 12.8 Å². The zero-order valence-electron chi connectivity index (χ0n) is 33.6. The van der Waals surface area contributed by atoms with E-state index in [4.69, 9.17) is 11.5 Å². The lowest BCUT2D eigenvalue weighted by molar-refractivity contribution is -0.152. The minimum atomic E-state index is -1.05. The Morgan fingerprint density at radius 3 is 2.39 bits per heavy atom. The van der Waals surface area contributed by atoms with Gasteiger partial charge in [0.1, 0.15) is 30.2 Å². The Morgan fingerprint density at radius 1 is 0.814 bits per heavy atom. The fourth-order valence-electron chi connectivity index (χ4n) is 9.40. The number of guanidine groups is 1. The first-order chi connectivity index (χ1) is 28.5. The summed E-state index contributed by atoms with van der Waals surface area (Å²) >= 11 is 0. The molecule has 16 heteroatoms. The van der Waals surface area contributed by atoms with Crippen LogP contribution in [0, 0.1) is 5.92 Å². The molecule has 59 heavy (non-hydrogen) atoms. The van der Waals surface area contributed by atoms with Crippen molar-refractivity contribution < 1.29 is 28.8 Å². The fourth-order valence-corrected chi connectivity index (χ4v) is 9.40. The lowest BCUT2D eigenvalue weighted by Gasteiger charge is -2.42. The summed E-state index contributed by atoms with van der Waals surface area (Å²) in [7, 11) is 0. The second kappa shape index (κ2) is 18.3. The maximum Gasteiger partial charge on any atom is 0.246 e. The predicted octanol–water partition coefficient (Wildman–Crippen LogP) is 1.26. The average Bonchev–Trinajstić information content (AvgIpc) is 3.83. The largest absolute Gasteiger partial charge is 0.370 e. The van der Waals surface area contributed by atoms with Crippen molar-refractivity contribution >= 4 is 52.3 Å². The van der Waals surface area contributed by atoms with Crippen molar-refractivity contribution in [2.75, 3.05) is 13.1 Å². The Kier molecular flexibility index (Phi) is 12.8. The third kappa shape index (κ3) is 9.36. The number of rotatable bonds is 6. The molecule has 4 heterocycles. The van der Waals surface area contributed by atoms with Crippen LogP contribution in [-0.2, 0) is 48.2 Å². The summed E-state index contributed by atoms with van der Waals surface area (Å²) in [6.45, 7) is 2.11. The highest BCUT2D eigenvalue weighted by Gasteiger charge is 2.51. The van der Waals surface area contributed by atoms with E-state index in [2.05, 4.69) is 31.2 Å². The van der Waals surface area contributed by atoms with Gasteiger partial charge in [-0.3, -0.25) is 33.8 Å². The van der Waals surface area contributed by atoms with Crippen LogP contribution in [-0.4, -0.2) is 106 Å². The molecule has 9 N–H and O–H groups in total. The van der Waals surface area contributed by atoms with Crippen LogP contribution in [0.15, 0.2) is 59.7 Å². The summed E-state index contributed by atoms with van der Waals surface area (Å²) in [4.78, 5) is 95.9. The molecule has 1 saturated carbocycles. The number of benzene rings is 2. The van der Waals surface area contributed by atoms with Crippen molar-refractivity contribution in [2.24, 2.45) is 22.4 Å². The van der Waals surface area contributed by atoms with E-state index in [9.17, 15) is 24.0 Å². The normalized spacial score (nSPS) is 27.3. The monoisotopic (exact) mass is 808 g/mol. The quantitative estimate of drug-likeness (QED) is 0.109. The molecule has 6 amide bonds. The van der Waals surface area contributed by atoms with Gasteiger partial charge in [-0.2, -0.15) is 0 Å². The molecule has 0 unspecified atom stereocenters. The van der Waals surface area contributed by atoms with Gasteiger partial charge >= 0.3 is 0 Å². The molecular weight excluding hydrogens is 753 g/mol. The Labute approximate surface area is 343 Å². The SMILES string of the molecule is C[C@@H]1NC(=O)[C@H](Cc2c[nH]c3ccccc23)NC(=O)CCCNC(=O)[C@H](CCCN=C(N)N)NC(=O)[C@@H]2C[C@@H]3CCCC[C@@H]3N2C(=O)[C@H]2Cc3ccccc3CN2C1=O. The lowest BCUT2D eigenvalue weighted by Crippen LogP contribution is -2.62. The molecule has 1 aliphatic carbocycles. The topological polar surface area (TPSA) is 237 Å². The molecule has 16 nitrogen and oxygen atoms in total. The van der Waals surface area contributed by atoms with Crippen LogP contribution >= 0.6 is 0 Å². The molecule has 0 bridgehead atoms. The van der Waals surface area contributed by atoms with Gasteiger partial charge in [-0.1, -0.05) is 55.3 Å². The first-order valence-electron chi connectivity index (χ1n) is 21.0. The molecule has 3 aromatic rings. The Morgan fingerprint density at radius 2 is 1.58 bits per heavy atom. The maximum absolute atomic E-state index is 15.2.